The molecule has 1 aromatic rings. The summed E-state index contributed by atoms with van der Waals surface area (Å²) < 4.78 is 0. The number of likely N-dealkylation sites (tertiary alicyclic amines) is 1. The molecule has 7 nitrogen and oxygen atoms in total. The first-order valence-corrected chi connectivity index (χ1v) is 7.46. The van der Waals surface area contributed by atoms with Crippen LogP contribution < -0.4 is 5.32 Å². The lowest BCUT2D eigenvalue weighted by atomic mass is 9.96. The fourth-order valence-corrected chi connectivity index (χ4v) is 2.55. The Hall–Kier alpha value is -1.92. The lowest BCUT2D eigenvalue weighted by Gasteiger charge is -2.33. The second-order valence-electron chi connectivity index (χ2n) is 5.93. The van der Waals surface area contributed by atoms with Gasteiger partial charge in [0, 0.05) is 32.5 Å². The first-order valence-electron chi connectivity index (χ1n) is 7.46. The number of H-pyrrole nitrogens is 1. The number of piperidine rings is 1. The predicted molar refractivity (Wildman–Crippen MR) is 77.2 cm³/mol. The quantitative estimate of drug-likeness (QED) is 0.792. The highest BCUT2D eigenvalue weighted by atomic mass is 16.2. The van der Waals surface area contributed by atoms with Gasteiger partial charge in [-0.05, 0) is 12.3 Å². The molecule has 2 rings (SSSR count). The number of aromatic nitrogens is 3. The minimum Gasteiger partial charge on any atom is -0.355 e. The van der Waals surface area contributed by atoms with E-state index in [2.05, 4.69) is 34.6 Å². The number of hydrogen-bond donors (Lipinski definition) is 2. The van der Waals surface area contributed by atoms with E-state index < -0.39 is 0 Å². The van der Waals surface area contributed by atoms with Crippen molar-refractivity contribution in [1.82, 2.24) is 25.6 Å². The molecule has 2 heterocycles. The van der Waals surface area contributed by atoms with Crippen molar-refractivity contribution in [2.45, 2.75) is 33.1 Å². The fraction of sp³-hybridized carbons (Fsp3) is 0.714. The Morgan fingerprint density at radius 1 is 1.57 bits per heavy atom. The molecule has 0 saturated carbocycles. The van der Waals surface area contributed by atoms with Gasteiger partial charge in [0.2, 0.25) is 11.8 Å². The molecule has 0 unspecified atom stereocenters. The van der Waals surface area contributed by atoms with Gasteiger partial charge >= 0.3 is 0 Å². The summed E-state index contributed by atoms with van der Waals surface area (Å²) in [6, 6.07) is 0. The summed E-state index contributed by atoms with van der Waals surface area (Å²) in [6.07, 6.45) is 3.41. The highest BCUT2D eigenvalue weighted by molar-refractivity contribution is 5.83. The van der Waals surface area contributed by atoms with Crippen LogP contribution in [-0.4, -0.2) is 51.8 Å². The normalized spacial score (nSPS) is 19.1. The van der Waals surface area contributed by atoms with Gasteiger partial charge in [-0.25, -0.2) is 0 Å². The molecule has 1 aliphatic rings. The maximum atomic E-state index is 12.2. The van der Waals surface area contributed by atoms with Crippen LogP contribution in [0.4, 0.5) is 0 Å². The molecule has 116 valence electrons. The smallest absolute Gasteiger partial charge is 0.224 e. The molecule has 0 aliphatic carbocycles. The Labute approximate surface area is 124 Å². The van der Waals surface area contributed by atoms with Crippen molar-refractivity contribution in [3.63, 3.8) is 0 Å². The minimum absolute atomic E-state index is 0.0275. The second kappa shape index (κ2) is 7.19. The van der Waals surface area contributed by atoms with E-state index in [-0.39, 0.29) is 17.7 Å². The number of nitrogens with zero attached hydrogens (tertiary/aromatic N) is 3. The average Bonchev–Trinajstić information content (AvgIpc) is 2.94. The lowest BCUT2D eigenvalue weighted by molar-refractivity contribution is -0.138. The summed E-state index contributed by atoms with van der Waals surface area (Å²) in [6.45, 7) is 5.96. The third kappa shape index (κ3) is 4.54. The van der Waals surface area contributed by atoms with Gasteiger partial charge in [0.15, 0.2) is 0 Å². The molecule has 1 fully saturated rings. The van der Waals surface area contributed by atoms with Gasteiger partial charge < -0.3 is 10.2 Å². The van der Waals surface area contributed by atoms with Crippen molar-refractivity contribution < 1.29 is 9.59 Å². The van der Waals surface area contributed by atoms with Crippen molar-refractivity contribution >= 4 is 11.8 Å². The van der Waals surface area contributed by atoms with E-state index in [0.717, 1.165) is 12.2 Å². The van der Waals surface area contributed by atoms with E-state index in [1.807, 2.05) is 4.90 Å². The molecule has 0 spiro atoms. The number of hydrogen-bond acceptors (Lipinski definition) is 4. The van der Waals surface area contributed by atoms with Gasteiger partial charge in [0.25, 0.3) is 0 Å². The van der Waals surface area contributed by atoms with Crippen LogP contribution in [0, 0.1) is 11.8 Å². The van der Waals surface area contributed by atoms with Gasteiger partial charge in [0.1, 0.15) is 0 Å². The zero-order chi connectivity index (χ0) is 15.2. The van der Waals surface area contributed by atoms with E-state index in [1.54, 1.807) is 6.20 Å². The first-order chi connectivity index (χ1) is 10.1. The maximum Gasteiger partial charge on any atom is 0.224 e. The Morgan fingerprint density at radius 3 is 3.05 bits per heavy atom. The molecule has 1 aliphatic heterocycles. The van der Waals surface area contributed by atoms with E-state index in [1.165, 1.54) is 0 Å². The number of aromatic amines is 1. The number of amides is 2. The van der Waals surface area contributed by atoms with Crippen LogP contribution in [0.5, 0.6) is 0 Å². The molecule has 0 bridgehead atoms. The summed E-state index contributed by atoms with van der Waals surface area (Å²) in [5.74, 6) is 0.511. The Kier molecular flexibility index (Phi) is 5.30. The minimum atomic E-state index is -0.0984. The molecule has 1 atom stereocenters. The van der Waals surface area contributed by atoms with Crippen LogP contribution in [0.3, 0.4) is 0 Å². The highest BCUT2D eigenvalue weighted by Gasteiger charge is 2.30. The molecule has 2 N–H and O–H groups in total. The predicted octanol–water partition coefficient (Wildman–Crippen LogP) is 0.358. The topological polar surface area (TPSA) is 91.0 Å². The van der Waals surface area contributed by atoms with E-state index in [0.29, 0.717) is 38.3 Å². The molecule has 0 aromatic carbocycles. The summed E-state index contributed by atoms with van der Waals surface area (Å²) in [4.78, 5) is 25.8. The third-order valence-electron chi connectivity index (χ3n) is 3.60. The monoisotopic (exact) mass is 293 g/mol. The van der Waals surface area contributed by atoms with Crippen LogP contribution in [0.1, 0.15) is 32.4 Å². The van der Waals surface area contributed by atoms with Gasteiger partial charge in [-0.1, -0.05) is 13.8 Å². The van der Waals surface area contributed by atoms with Crippen molar-refractivity contribution in [1.29, 1.82) is 0 Å². The molecule has 21 heavy (non-hydrogen) atoms. The highest BCUT2D eigenvalue weighted by Crippen LogP contribution is 2.18. The van der Waals surface area contributed by atoms with Gasteiger partial charge in [0.05, 0.1) is 17.8 Å². The van der Waals surface area contributed by atoms with Crippen molar-refractivity contribution in [3.05, 3.63) is 11.9 Å². The molecule has 7 heteroatoms. The summed E-state index contributed by atoms with van der Waals surface area (Å²) in [5.41, 5.74) is 0.829. The van der Waals surface area contributed by atoms with Crippen LogP contribution >= 0.6 is 0 Å². The standard InChI is InChI=1S/C14H23N5O2/c1-10(2)8-19-9-11(3-4-13(19)20)14(21)15-6-5-12-7-16-18-17-12/h7,10-11H,3-6,8-9H2,1-2H3,(H,15,21)(H,16,17,18)/t11-/m1/s1. The number of carbonyl (C=O) groups excluding carboxylic acids is 2. The largest absolute Gasteiger partial charge is 0.355 e. The zero-order valence-electron chi connectivity index (χ0n) is 12.6. The lowest BCUT2D eigenvalue weighted by Crippen LogP contribution is -2.47. The number of carbonyl (C=O) groups is 2. The Bertz CT molecular complexity index is 472. The Balaban J connectivity index is 1.77. The fourth-order valence-electron chi connectivity index (χ4n) is 2.55. The van der Waals surface area contributed by atoms with E-state index >= 15 is 0 Å². The van der Waals surface area contributed by atoms with Gasteiger partial charge in [-0.2, -0.15) is 15.4 Å². The third-order valence-corrected chi connectivity index (χ3v) is 3.60. The Morgan fingerprint density at radius 2 is 2.38 bits per heavy atom. The van der Waals surface area contributed by atoms with Gasteiger partial charge in [-0.3, -0.25) is 9.59 Å². The summed E-state index contributed by atoms with van der Waals surface area (Å²) in [5, 5.41) is 13.1. The molecule has 1 aromatic heterocycles. The van der Waals surface area contributed by atoms with Crippen LogP contribution in [0.2, 0.25) is 0 Å². The number of nitrogens with one attached hydrogen (secondary N) is 2. The average molecular weight is 293 g/mol. The van der Waals surface area contributed by atoms with Gasteiger partial charge in [-0.15, -0.1) is 0 Å². The van der Waals surface area contributed by atoms with E-state index in [4.69, 9.17) is 0 Å². The zero-order valence-corrected chi connectivity index (χ0v) is 12.6. The van der Waals surface area contributed by atoms with Crippen LogP contribution in [0.25, 0.3) is 0 Å². The van der Waals surface area contributed by atoms with Crippen LogP contribution in [-0.2, 0) is 16.0 Å². The van der Waals surface area contributed by atoms with Crippen LogP contribution in [0.15, 0.2) is 6.20 Å². The summed E-state index contributed by atoms with van der Waals surface area (Å²) in [7, 11) is 0. The molecular formula is C14H23N5O2. The van der Waals surface area contributed by atoms with Crippen molar-refractivity contribution in [3.8, 4) is 0 Å². The van der Waals surface area contributed by atoms with Crippen molar-refractivity contribution in [2.24, 2.45) is 11.8 Å². The molecular weight excluding hydrogens is 270 g/mol. The SMILES string of the molecule is CC(C)CN1C[C@H](C(=O)NCCc2cn[nH]n2)CCC1=O. The molecule has 1 saturated heterocycles. The van der Waals surface area contributed by atoms with Crippen molar-refractivity contribution in [2.75, 3.05) is 19.6 Å². The second-order valence-corrected chi connectivity index (χ2v) is 5.93. The number of rotatable bonds is 6. The molecule has 0 radical (unpaired) electrons. The maximum absolute atomic E-state index is 12.2. The summed E-state index contributed by atoms with van der Waals surface area (Å²) >= 11 is 0. The van der Waals surface area contributed by atoms with E-state index in [9.17, 15) is 9.59 Å². The molecule has 2 amide bonds. The first kappa shape index (κ1) is 15.5.